The second-order valence-corrected chi connectivity index (χ2v) is 5.88. The quantitative estimate of drug-likeness (QED) is 0.822. The monoisotopic (exact) mass is 290 g/mol. The molecule has 6 heteroatoms. The fourth-order valence-corrected chi connectivity index (χ4v) is 3.22. The summed E-state index contributed by atoms with van der Waals surface area (Å²) in [5.74, 6) is -0.396. The zero-order valence-corrected chi connectivity index (χ0v) is 11.7. The molecular formula is C13H10N2O2S2. The second-order valence-electron chi connectivity index (χ2n) is 4.19. The molecule has 0 saturated carbocycles. The average molecular weight is 290 g/mol. The minimum absolute atomic E-state index is 0.0664. The van der Waals surface area contributed by atoms with E-state index in [0.717, 1.165) is 17.2 Å². The summed E-state index contributed by atoms with van der Waals surface area (Å²) in [6.45, 7) is 2.05. The third-order valence-corrected chi connectivity index (χ3v) is 4.27. The molecule has 0 fully saturated rings. The number of hydrogen-bond donors (Lipinski definition) is 2. The first-order chi connectivity index (χ1) is 9.10. The van der Waals surface area contributed by atoms with Crippen molar-refractivity contribution in [2.45, 2.75) is 13.3 Å². The van der Waals surface area contributed by atoms with Crippen molar-refractivity contribution in [3.05, 3.63) is 43.2 Å². The zero-order chi connectivity index (χ0) is 13.6. The van der Waals surface area contributed by atoms with Crippen molar-refractivity contribution < 1.29 is 9.90 Å². The lowest BCUT2D eigenvalue weighted by Crippen LogP contribution is -2.23. The number of nitrogens with one attached hydrogen (secondary N) is 1. The topological polar surface area (TPSA) is 65.4 Å². The Balaban J connectivity index is 2.40. The van der Waals surface area contributed by atoms with Crippen LogP contribution in [0.2, 0.25) is 0 Å². The van der Waals surface area contributed by atoms with Gasteiger partial charge in [-0.15, -0.1) is 11.3 Å². The summed E-state index contributed by atoms with van der Waals surface area (Å²) < 4.78 is 0.438. The number of fused-ring (bicyclic) bond motifs is 1. The second kappa shape index (κ2) is 4.40. The first-order valence-corrected chi connectivity index (χ1v) is 7.01. The van der Waals surface area contributed by atoms with Crippen LogP contribution < -0.4 is 10.6 Å². The van der Waals surface area contributed by atoms with Gasteiger partial charge in [-0.1, -0.05) is 13.0 Å². The normalized spacial score (nSPS) is 13.5. The number of aromatic amines is 1. The summed E-state index contributed by atoms with van der Waals surface area (Å²) in [5.41, 5.74) is 1.56. The lowest BCUT2D eigenvalue weighted by molar-refractivity contribution is -0.112. The van der Waals surface area contributed by atoms with Crippen molar-refractivity contribution in [2.24, 2.45) is 4.99 Å². The van der Waals surface area contributed by atoms with Crippen molar-refractivity contribution >= 4 is 35.0 Å². The lowest BCUT2D eigenvalue weighted by Gasteiger charge is -1.97. The van der Waals surface area contributed by atoms with E-state index < -0.39 is 0 Å². The number of aromatic hydroxyl groups is 1. The SMILES string of the molecule is CCc1ccc2c(c1)=C(c1sc(=S)[nH]c1O)C(=O)N=2. The van der Waals surface area contributed by atoms with Gasteiger partial charge < -0.3 is 10.1 Å². The summed E-state index contributed by atoms with van der Waals surface area (Å²) in [6, 6.07) is 5.74. The molecule has 0 atom stereocenters. The van der Waals surface area contributed by atoms with Gasteiger partial charge in [0.25, 0.3) is 5.91 Å². The molecule has 1 aliphatic rings. The van der Waals surface area contributed by atoms with E-state index in [4.69, 9.17) is 12.2 Å². The number of rotatable bonds is 2. The van der Waals surface area contributed by atoms with Gasteiger partial charge in [-0.2, -0.15) is 0 Å². The molecule has 0 saturated heterocycles. The van der Waals surface area contributed by atoms with E-state index in [2.05, 4.69) is 9.98 Å². The fraction of sp³-hybridized carbons (Fsp3) is 0.154. The number of carbonyl (C=O) groups excluding carboxylic acids is 1. The maximum absolute atomic E-state index is 12.0. The highest BCUT2D eigenvalue weighted by molar-refractivity contribution is 7.73. The van der Waals surface area contributed by atoms with Crippen molar-refractivity contribution in [1.29, 1.82) is 0 Å². The molecule has 0 spiro atoms. The first-order valence-electron chi connectivity index (χ1n) is 5.79. The van der Waals surface area contributed by atoms with Crippen LogP contribution in [0.25, 0.3) is 5.57 Å². The summed E-state index contributed by atoms with van der Waals surface area (Å²) in [5, 5.41) is 11.3. The fourth-order valence-electron chi connectivity index (χ4n) is 2.09. The Kier molecular flexibility index (Phi) is 2.83. The average Bonchev–Trinajstić information content (AvgIpc) is 2.86. The molecule has 0 aliphatic carbocycles. The van der Waals surface area contributed by atoms with Gasteiger partial charge in [0.2, 0.25) is 5.88 Å². The van der Waals surface area contributed by atoms with Gasteiger partial charge in [-0.25, -0.2) is 4.99 Å². The summed E-state index contributed by atoms with van der Waals surface area (Å²) in [6.07, 6.45) is 0.879. The first kappa shape index (κ1) is 12.3. The molecule has 0 bridgehead atoms. The molecule has 2 N–H and O–H groups in total. The summed E-state index contributed by atoms with van der Waals surface area (Å²) >= 11 is 6.17. The van der Waals surface area contributed by atoms with Crippen LogP contribution in [-0.2, 0) is 11.2 Å². The van der Waals surface area contributed by atoms with E-state index in [1.807, 2.05) is 25.1 Å². The van der Waals surface area contributed by atoms with Crippen LogP contribution in [-0.4, -0.2) is 16.0 Å². The Morgan fingerprint density at radius 3 is 2.89 bits per heavy atom. The lowest BCUT2D eigenvalue weighted by atomic mass is 10.1. The molecule has 1 amide bonds. The third kappa shape index (κ3) is 1.93. The van der Waals surface area contributed by atoms with Crippen LogP contribution in [0.15, 0.2) is 23.2 Å². The number of benzene rings is 1. The Morgan fingerprint density at radius 1 is 1.47 bits per heavy atom. The largest absolute Gasteiger partial charge is 0.494 e. The number of nitrogens with zero attached hydrogens (tertiary/aromatic N) is 1. The molecule has 1 aromatic heterocycles. The summed E-state index contributed by atoms with van der Waals surface area (Å²) in [7, 11) is 0. The number of thiazole rings is 1. The Morgan fingerprint density at radius 2 is 2.26 bits per heavy atom. The smallest absolute Gasteiger partial charge is 0.279 e. The highest BCUT2D eigenvalue weighted by atomic mass is 32.1. The van der Waals surface area contributed by atoms with Gasteiger partial charge in [0.05, 0.1) is 10.9 Å². The number of carbonyl (C=O) groups is 1. The van der Waals surface area contributed by atoms with Crippen LogP contribution in [0, 0.1) is 3.95 Å². The van der Waals surface area contributed by atoms with E-state index in [1.54, 1.807) is 0 Å². The number of hydrogen-bond acceptors (Lipinski definition) is 4. The highest BCUT2D eigenvalue weighted by Gasteiger charge is 2.23. The molecule has 2 aromatic rings. The van der Waals surface area contributed by atoms with Gasteiger partial charge in [-0.3, -0.25) is 4.79 Å². The highest BCUT2D eigenvalue weighted by Crippen LogP contribution is 2.29. The van der Waals surface area contributed by atoms with Crippen LogP contribution >= 0.6 is 23.6 Å². The van der Waals surface area contributed by atoms with E-state index >= 15 is 0 Å². The van der Waals surface area contributed by atoms with Gasteiger partial charge in [0.1, 0.15) is 4.88 Å². The number of amides is 1. The van der Waals surface area contributed by atoms with Gasteiger partial charge in [0.15, 0.2) is 3.95 Å². The molecule has 3 rings (SSSR count). The van der Waals surface area contributed by atoms with Gasteiger partial charge >= 0.3 is 0 Å². The van der Waals surface area contributed by atoms with Crippen LogP contribution in [0.4, 0.5) is 0 Å². The maximum atomic E-state index is 12.0. The number of aryl methyl sites for hydroxylation is 1. The molecule has 96 valence electrons. The van der Waals surface area contributed by atoms with E-state index in [1.165, 1.54) is 11.3 Å². The molecule has 19 heavy (non-hydrogen) atoms. The van der Waals surface area contributed by atoms with Crippen molar-refractivity contribution in [3.8, 4) is 5.88 Å². The van der Waals surface area contributed by atoms with Gasteiger partial charge in [-0.05, 0) is 36.3 Å². The Labute approximate surface area is 117 Å². The predicted octanol–water partition coefficient (Wildman–Crippen LogP) is 1.43. The summed E-state index contributed by atoms with van der Waals surface area (Å²) in [4.78, 5) is 19.1. The molecule has 1 aromatic carbocycles. The van der Waals surface area contributed by atoms with Crippen LogP contribution in [0.3, 0.4) is 0 Å². The van der Waals surface area contributed by atoms with E-state index in [9.17, 15) is 9.90 Å². The minimum Gasteiger partial charge on any atom is -0.494 e. The molecule has 2 heterocycles. The third-order valence-electron chi connectivity index (χ3n) is 3.03. The molecule has 0 radical (unpaired) electrons. The van der Waals surface area contributed by atoms with Crippen LogP contribution in [0.1, 0.15) is 17.4 Å². The Hall–Kier alpha value is -1.79. The van der Waals surface area contributed by atoms with E-state index in [-0.39, 0.29) is 11.8 Å². The van der Waals surface area contributed by atoms with E-state index in [0.29, 0.717) is 19.8 Å². The number of aromatic nitrogens is 1. The van der Waals surface area contributed by atoms with Gasteiger partial charge in [0, 0.05) is 5.22 Å². The van der Waals surface area contributed by atoms with Crippen molar-refractivity contribution in [3.63, 3.8) is 0 Å². The van der Waals surface area contributed by atoms with Crippen molar-refractivity contribution in [2.75, 3.05) is 0 Å². The number of H-pyrrole nitrogens is 1. The standard InChI is InChI=1S/C13H10N2O2S2/c1-2-6-3-4-8-7(5-6)9(11(16)14-8)10-12(17)15-13(18)19-10/h3-5,17H,2H2,1H3,(H,15,18). The molecule has 1 aliphatic heterocycles. The van der Waals surface area contributed by atoms with Crippen LogP contribution in [0.5, 0.6) is 5.88 Å². The van der Waals surface area contributed by atoms with Crippen molar-refractivity contribution in [1.82, 2.24) is 4.98 Å². The predicted molar refractivity (Wildman–Crippen MR) is 75.3 cm³/mol. The molecule has 4 nitrogen and oxygen atoms in total. The maximum Gasteiger partial charge on any atom is 0.279 e. The Bertz CT molecular complexity index is 861. The molecular weight excluding hydrogens is 280 g/mol. The minimum atomic E-state index is -0.330. The zero-order valence-electron chi connectivity index (χ0n) is 10.1. The molecule has 0 unspecified atom stereocenters.